The monoisotopic (exact) mass is 254 g/mol. The molecule has 1 aromatic heterocycles. The maximum absolute atomic E-state index is 11.6. The number of nitrogens with zero attached hydrogens (tertiary/aromatic N) is 2. The molecule has 0 unspecified atom stereocenters. The molecule has 0 N–H and O–H groups in total. The van der Waals surface area contributed by atoms with Gasteiger partial charge in [0.1, 0.15) is 5.52 Å². The first-order chi connectivity index (χ1) is 6.63. The van der Waals surface area contributed by atoms with Crippen LogP contribution in [0.25, 0.3) is 11.0 Å². The van der Waals surface area contributed by atoms with Gasteiger partial charge in [-0.2, -0.15) is 0 Å². The van der Waals surface area contributed by atoms with Crippen molar-refractivity contribution in [2.24, 2.45) is 0 Å². The van der Waals surface area contributed by atoms with Gasteiger partial charge in [0, 0.05) is 26.9 Å². The molecule has 14 heavy (non-hydrogen) atoms. The third kappa shape index (κ3) is 1.13. The van der Waals surface area contributed by atoms with E-state index in [9.17, 15) is 10.1 Å². The molecule has 2 aromatic rings. The minimum atomic E-state index is 0.256. The highest BCUT2D eigenvalue weighted by molar-refractivity contribution is 9.10. The van der Waals surface area contributed by atoms with Gasteiger partial charge in [0.25, 0.3) is 5.52 Å². The fraction of sp³-hybridized carbons (Fsp3) is 0.111. The molecule has 0 radical (unpaired) electrons. The minimum absolute atomic E-state index is 0.256. The molecule has 0 aliphatic rings. The fourth-order valence-corrected chi connectivity index (χ4v) is 1.68. The van der Waals surface area contributed by atoms with Gasteiger partial charge >= 0.3 is 4.60 Å². The highest BCUT2D eigenvalue weighted by Gasteiger charge is 2.15. The predicted octanol–water partition coefficient (Wildman–Crippen LogP) is 1.97. The number of hydrogen-bond acceptors (Lipinski definition) is 2. The highest BCUT2D eigenvalue weighted by Crippen LogP contribution is 2.16. The normalized spacial score (nSPS) is 10.7. The second kappa shape index (κ2) is 3.09. The second-order valence-corrected chi connectivity index (χ2v) is 3.70. The van der Waals surface area contributed by atoms with Crippen molar-refractivity contribution in [3.63, 3.8) is 0 Å². The van der Waals surface area contributed by atoms with Gasteiger partial charge < -0.3 is 9.94 Å². The zero-order chi connectivity index (χ0) is 10.3. The Hall–Kier alpha value is -1.36. The van der Waals surface area contributed by atoms with Gasteiger partial charge in [-0.25, -0.2) is 0 Å². The summed E-state index contributed by atoms with van der Waals surface area (Å²) in [6.45, 7) is 1.60. The maximum Gasteiger partial charge on any atom is 0.323 e. The zero-order valence-corrected chi connectivity index (χ0v) is 8.98. The summed E-state index contributed by atoms with van der Waals surface area (Å²) >= 11 is 3.08. The van der Waals surface area contributed by atoms with Gasteiger partial charge in [0.15, 0.2) is 0 Å². The lowest BCUT2D eigenvalue weighted by Gasteiger charge is -2.14. The summed E-state index contributed by atoms with van der Waals surface area (Å²) in [5.74, 6) is 0. The van der Waals surface area contributed by atoms with Gasteiger partial charge in [-0.05, 0) is 13.0 Å². The summed E-state index contributed by atoms with van der Waals surface area (Å²) < 4.78 is 1.71. The van der Waals surface area contributed by atoms with Crippen molar-refractivity contribution in [1.82, 2.24) is 4.73 Å². The first-order valence-electron chi connectivity index (χ1n) is 4.03. The van der Waals surface area contributed by atoms with E-state index in [2.05, 4.69) is 15.9 Å². The second-order valence-electron chi connectivity index (χ2n) is 2.95. The Morgan fingerprint density at radius 1 is 1.43 bits per heavy atom. The number of aromatic nitrogens is 2. The van der Waals surface area contributed by atoms with Crippen molar-refractivity contribution in [2.75, 3.05) is 0 Å². The SMILES string of the molecule is Cc1c(Br)[n+](=O)c2ccccc2n1[O-]. The Morgan fingerprint density at radius 3 is 2.79 bits per heavy atom. The highest BCUT2D eigenvalue weighted by atomic mass is 79.9. The molecule has 0 bridgehead atoms. The van der Waals surface area contributed by atoms with Gasteiger partial charge in [-0.3, -0.25) is 0 Å². The molecular weight excluding hydrogens is 248 g/mol. The Balaban J connectivity index is 3.10. The van der Waals surface area contributed by atoms with Crippen LogP contribution in [0.2, 0.25) is 0 Å². The van der Waals surface area contributed by atoms with E-state index in [1.165, 1.54) is 0 Å². The van der Waals surface area contributed by atoms with Crippen LogP contribution in [-0.4, -0.2) is 4.73 Å². The molecule has 1 aromatic carbocycles. The van der Waals surface area contributed by atoms with E-state index in [-0.39, 0.29) is 4.60 Å². The van der Waals surface area contributed by atoms with Gasteiger partial charge in [0.05, 0.1) is 10.1 Å². The maximum atomic E-state index is 11.6. The molecule has 0 amide bonds. The van der Waals surface area contributed by atoms with Crippen LogP contribution in [0.4, 0.5) is 0 Å². The van der Waals surface area contributed by atoms with E-state index in [0.717, 1.165) is 4.73 Å². The van der Waals surface area contributed by atoms with E-state index >= 15 is 0 Å². The molecule has 4 nitrogen and oxygen atoms in total. The van der Waals surface area contributed by atoms with Gasteiger partial charge in [-0.1, -0.05) is 12.1 Å². The smallest absolute Gasteiger partial charge is 0.323 e. The van der Waals surface area contributed by atoms with E-state index in [0.29, 0.717) is 21.2 Å². The minimum Gasteiger partial charge on any atom is -0.805 e. The van der Waals surface area contributed by atoms with E-state index in [1.807, 2.05) is 0 Å². The average Bonchev–Trinajstić information content (AvgIpc) is 2.23. The van der Waals surface area contributed by atoms with Crippen molar-refractivity contribution in [3.8, 4) is 0 Å². The Kier molecular flexibility index (Phi) is 2.03. The molecule has 0 saturated heterocycles. The molecule has 5 heteroatoms. The lowest BCUT2D eigenvalue weighted by atomic mass is 10.3. The first kappa shape index (κ1) is 9.21. The van der Waals surface area contributed by atoms with Crippen LogP contribution in [-0.2, 0) is 0 Å². The third-order valence-corrected chi connectivity index (χ3v) is 3.00. The summed E-state index contributed by atoms with van der Waals surface area (Å²) in [4.78, 5) is 11.6. The van der Waals surface area contributed by atoms with Crippen molar-refractivity contribution in [1.29, 1.82) is 0 Å². The molecule has 72 valence electrons. The molecule has 0 aliphatic heterocycles. The van der Waals surface area contributed by atoms with Gasteiger partial charge in [0.2, 0.25) is 0 Å². The fourth-order valence-electron chi connectivity index (χ4n) is 1.32. The summed E-state index contributed by atoms with van der Waals surface area (Å²) in [6.07, 6.45) is 0. The van der Waals surface area contributed by atoms with Crippen LogP contribution >= 0.6 is 15.9 Å². The summed E-state index contributed by atoms with van der Waals surface area (Å²) in [5.41, 5.74) is 1.10. The number of hydrogen-bond donors (Lipinski definition) is 0. The molecule has 0 saturated carbocycles. The molecular formula is C9H7BrN2O2. The van der Waals surface area contributed by atoms with Crippen molar-refractivity contribution in [3.05, 3.63) is 44.7 Å². The predicted molar refractivity (Wildman–Crippen MR) is 56.5 cm³/mol. The molecule has 0 fully saturated rings. The lowest BCUT2D eigenvalue weighted by molar-refractivity contribution is -0.478. The van der Waals surface area contributed by atoms with Gasteiger partial charge in [-0.15, -0.1) is 0 Å². The van der Waals surface area contributed by atoms with Crippen LogP contribution < -0.4 is 4.43 Å². The topological polar surface area (TPSA) is 51.0 Å². The van der Waals surface area contributed by atoms with Crippen LogP contribution in [0, 0.1) is 17.0 Å². The molecule has 0 atom stereocenters. The summed E-state index contributed by atoms with van der Waals surface area (Å²) in [7, 11) is 0. The molecule has 0 aliphatic carbocycles. The van der Waals surface area contributed by atoms with E-state index in [1.54, 1.807) is 31.2 Å². The van der Waals surface area contributed by atoms with Crippen LogP contribution in [0.15, 0.2) is 28.9 Å². The average molecular weight is 255 g/mol. The number of halogens is 1. The quantitative estimate of drug-likeness (QED) is 0.676. The largest absolute Gasteiger partial charge is 0.805 e. The number of rotatable bonds is 0. The molecule has 1 heterocycles. The molecule has 0 spiro atoms. The Morgan fingerprint density at radius 2 is 2.07 bits per heavy atom. The van der Waals surface area contributed by atoms with Crippen LogP contribution in [0.1, 0.15) is 5.69 Å². The first-order valence-corrected chi connectivity index (χ1v) is 4.82. The van der Waals surface area contributed by atoms with Crippen LogP contribution in [0.5, 0.6) is 0 Å². The lowest BCUT2D eigenvalue weighted by Crippen LogP contribution is -2.21. The third-order valence-electron chi connectivity index (χ3n) is 2.10. The molecule has 2 rings (SSSR count). The Labute approximate surface area is 88.1 Å². The number of fused-ring (bicyclic) bond motifs is 1. The van der Waals surface area contributed by atoms with Crippen molar-refractivity contribution in [2.45, 2.75) is 6.92 Å². The van der Waals surface area contributed by atoms with Crippen molar-refractivity contribution < 1.29 is 4.43 Å². The van der Waals surface area contributed by atoms with E-state index in [4.69, 9.17) is 0 Å². The summed E-state index contributed by atoms with van der Waals surface area (Å²) in [5, 5.41) is 11.6. The van der Waals surface area contributed by atoms with Crippen LogP contribution in [0.3, 0.4) is 0 Å². The Bertz CT molecular complexity index is 562. The number of benzene rings is 1. The zero-order valence-electron chi connectivity index (χ0n) is 7.40. The van der Waals surface area contributed by atoms with E-state index < -0.39 is 0 Å². The number of para-hydroxylation sites is 2. The standard InChI is InChI=1S/C9H7BrN2O2/c1-6-9(10)12(14)8-5-3-2-4-7(8)11(6)13/h2-5H,1H3. The van der Waals surface area contributed by atoms with Crippen molar-refractivity contribution >= 4 is 27.0 Å². The summed E-state index contributed by atoms with van der Waals surface area (Å²) in [6, 6.07) is 6.68.